The van der Waals surface area contributed by atoms with E-state index in [-0.39, 0.29) is 11.8 Å². The Kier molecular flexibility index (Phi) is 7.32. The number of hydrogen-bond donors (Lipinski definition) is 2. The second-order valence-electron chi connectivity index (χ2n) is 8.32. The maximum Gasteiger partial charge on any atom is 0.253 e. The highest BCUT2D eigenvalue weighted by molar-refractivity contribution is 6.33. The van der Waals surface area contributed by atoms with E-state index in [1.54, 1.807) is 24.4 Å². The number of amides is 1. The maximum absolute atomic E-state index is 14.1. The van der Waals surface area contributed by atoms with Crippen molar-refractivity contribution >= 4 is 34.9 Å². The SMILES string of the molecule is C[C@@H](Cc1nc(-c2ccc(C(=O)N3CCNCC3)cc2)cnc1N)C1=C(Cl)C=CC(F)C1Cl. The Morgan fingerprint density at radius 2 is 2.00 bits per heavy atom. The van der Waals surface area contributed by atoms with Gasteiger partial charge in [0.2, 0.25) is 0 Å². The van der Waals surface area contributed by atoms with Gasteiger partial charge in [-0.05, 0) is 42.2 Å². The Morgan fingerprint density at radius 3 is 2.70 bits per heavy atom. The summed E-state index contributed by atoms with van der Waals surface area (Å²) in [5.41, 5.74) is 9.42. The van der Waals surface area contributed by atoms with Gasteiger partial charge >= 0.3 is 0 Å². The first kappa shape index (κ1) is 23.7. The van der Waals surface area contributed by atoms with E-state index in [1.807, 2.05) is 24.0 Å². The summed E-state index contributed by atoms with van der Waals surface area (Å²) in [7, 11) is 0. The minimum atomic E-state index is -1.29. The molecule has 1 amide bonds. The minimum Gasteiger partial charge on any atom is -0.382 e. The van der Waals surface area contributed by atoms with E-state index in [2.05, 4.69) is 10.3 Å². The summed E-state index contributed by atoms with van der Waals surface area (Å²) in [4.78, 5) is 23.5. The van der Waals surface area contributed by atoms with Gasteiger partial charge < -0.3 is 16.0 Å². The van der Waals surface area contributed by atoms with Crippen LogP contribution in [0.2, 0.25) is 0 Å². The van der Waals surface area contributed by atoms with Gasteiger partial charge in [0.05, 0.1) is 23.0 Å². The molecular weight excluding hydrogens is 464 g/mol. The Bertz CT molecular complexity index is 1080. The molecule has 2 unspecified atom stereocenters. The number of carbonyl (C=O) groups is 1. The van der Waals surface area contributed by atoms with Gasteiger partial charge in [0.25, 0.3) is 5.91 Å². The van der Waals surface area contributed by atoms with Crippen molar-refractivity contribution in [1.82, 2.24) is 20.2 Å². The number of carbonyl (C=O) groups excluding carboxylic acids is 1. The molecule has 3 atom stereocenters. The van der Waals surface area contributed by atoms with Crippen molar-refractivity contribution in [2.75, 3.05) is 31.9 Å². The van der Waals surface area contributed by atoms with Crippen LogP contribution < -0.4 is 11.1 Å². The van der Waals surface area contributed by atoms with Crippen LogP contribution in [0, 0.1) is 5.92 Å². The lowest BCUT2D eigenvalue weighted by molar-refractivity contribution is 0.0736. The third-order valence-corrected chi connectivity index (χ3v) is 6.84. The number of benzene rings is 1. The largest absolute Gasteiger partial charge is 0.382 e. The summed E-state index contributed by atoms with van der Waals surface area (Å²) in [6.45, 7) is 4.94. The molecule has 1 fully saturated rings. The number of rotatable bonds is 5. The molecule has 9 heteroatoms. The number of allylic oxidation sites excluding steroid dienone is 4. The molecule has 0 saturated carbocycles. The molecule has 0 spiro atoms. The maximum atomic E-state index is 14.1. The van der Waals surface area contributed by atoms with Crippen molar-refractivity contribution in [2.24, 2.45) is 5.92 Å². The van der Waals surface area contributed by atoms with Gasteiger partial charge in [0.1, 0.15) is 12.0 Å². The third kappa shape index (κ3) is 5.21. The van der Waals surface area contributed by atoms with Crippen molar-refractivity contribution in [3.8, 4) is 11.3 Å². The molecule has 0 radical (unpaired) electrons. The van der Waals surface area contributed by atoms with Crippen molar-refractivity contribution < 1.29 is 9.18 Å². The highest BCUT2D eigenvalue weighted by atomic mass is 35.5. The summed E-state index contributed by atoms with van der Waals surface area (Å²) in [6, 6.07) is 7.32. The number of piperazine rings is 1. The Morgan fingerprint density at radius 1 is 1.30 bits per heavy atom. The lowest BCUT2D eigenvalue weighted by atomic mass is 9.88. The first-order valence-corrected chi connectivity index (χ1v) is 11.7. The summed E-state index contributed by atoms with van der Waals surface area (Å²) >= 11 is 12.6. The molecular formula is C24H26Cl2FN5O. The summed E-state index contributed by atoms with van der Waals surface area (Å²) < 4.78 is 14.1. The van der Waals surface area contributed by atoms with Crippen LogP contribution in [0.3, 0.4) is 0 Å². The topological polar surface area (TPSA) is 84.1 Å². The van der Waals surface area contributed by atoms with Gasteiger partial charge in [-0.1, -0.05) is 30.7 Å². The molecule has 3 N–H and O–H groups in total. The van der Waals surface area contributed by atoms with E-state index in [9.17, 15) is 9.18 Å². The first-order valence-electron chi connectivity index (χ1n) is 10.9. The zero-order valence-electron chi connectivity index (χ0n) is 18.3. The minimum absolute atomic E-state index is 0.0226. The molecule has 0 bridgehead atoms. The predicted molar refractivity (Wildman–Crippen MR) is 130 cm³/mol. The number of alkyl halides is 2. The van der Waals surface area contributed by atoms with Crippen LogP contribution in [-0.4, -0.2) is 58.5 Å². The quantitative estimate of drug-likeness (QED) is 0.620. The van der Waals surface area contributed by atoms with Crippen molar-refractivity contribution in [2.45, 2.75) is 24.9 Å². The summed E-state index contributed by atoms with van der Waals surface area (Å²) in [5.74, 6) is 0.158. The number of nitrogen functional groups attached to an aromatic ring is 1. The Labute approximate surface area is 202 Å². The molecule has 33 heavy (non-hydrogen) atoms. The van der Waals surface area contributed by atoms with E-state index in [4.69, 9.17) is 33.9 Å². The van der Waals surface area contributed by atoms with E-state index in [0.717, 1.165) is 18.7 Å². The first-order chi connectivity index (χ1) is 15.8. The van der Waals surface area contributed by atoms with Crippen LogP contribution in [0.5, 0.6) is 0 Å². The molecule has 174 valence electrons. The molecule has 6 nitrogen and oxygen atoms in total. The fourth-order valence-electron chi connectivity index (χ4n) is 4.14. The number of anilines is 1. The Balaban J connectivity index is 1.52. The lowest BCUT2D eigenvalue weighted by Gasteiger charge is -2.27. The molecule has 2 aromatic rings. The molecule has 2 heterocycles. The number of nitrogens with one attached hydrogen (secondary N) is 1. The molecule has 4 rings (SSSR count). The zero-order chi connectivity index (χ0) is 23.5. The van der Waals surface area contributed by atoms with Crippen LogP contribution in [0.25, 0.3) is 11.3 Å². The molecule has 1 aliphatic heterocycles. The van der Waals surface area contributed by atoms with Gasteiger partial charge in [-0.2, -0.15) is 0 Å². The number of halogens is 3. The zero-order valence-corrected chi connectivity index (χ0v) is 19.8. The number of hydrogen-bond acceptors (Lipinski definition) is 5. The van der Waals surface area contributed by atoms with Crippen LogP contribution in [0.15, 0.2) is 53.2 Å². The highest BCUT2D eigenvalue weighted by Gasteiger charge is 2.30. The van der Waals surface area contributed by atoms with Crippen LogP contribution >= 0.6 is 23.2 Å². The molecule has 1 aromatic carbocycles. The van der Waals surface area contributed by atoms with Gasteiger partial charge in [-0.3, -0.25) is 4.79 Å². The molecule has 2 aliphatic rings. The van der Waals surface area contributed by atoms with Gasteiger partial charge in [-0.25, -0.2) is 14.4 Å². The van der Waals surface area contributed by atoms with Crippen LogP contribution in [0.1, 0.15) is 23.0 Å². The molecule has 1 saturated heterocycles. The van der Waals surface area contributed by atoms with Crippen LogP contribution in [0.4, 0.5) is 10.2 Å². The van der Waals surface area contributed by atoms with E-state index < -0.39 is 11.5 Å². The Hall–Kier alpha value is -2.48. The second-order valence-corrected chi connectivity index (χ2v) is 9.20. The normalized spacial score (nSPS) is 21.9. The number of aromatic nitrogens is 2. The third-order valence-electron chi connectivity index (χ3n) is 6.02. The monoisotopic (exact) mass is 489 g/mol. The fourth-order valence-corrected chi connectivity index (χ4v) is 4.99. The van der Waals surface area contributed by atoms with Gasteiger partial charge in [0, 0.05) is 42.3 Å². The van der Waals surface area contributed by atoms with E-state index in [0.29, 0.717) is 52.9 Å². The summed E-state index contributed by atoms with van der Waals surface area (Å²) in [5, 5.41) is 2.87. The van der Waals surface area contributed by atoms with E-state index >= 15 is 0 Å². The van der Waals surface area contributed by atoms with Gasteiger partial charge in [-0.15, -0.1) is 11.6 Å². The number of nitrogens with two attached hydrogens (primary N) is 1. The van der Waals surface area contributed by atoms with Crippen molar-refractivity contribution in [3.05, 3.63) is 64.5 Å². The van der Waals surface area contributed by atoms with E-state index in [1.165, 1.54) is 6.08 Å². The fraction of sp³-hybridized carbons (Fsp3) is 0.375. The highest BCUT2D eigenvalue weighted by Crippen LogP contribution is 2.35. The van der Waals surface area contributed by atoms with Crippen molar-refractivity contribution in [1.29, 1.82) is 0 Å². The summed E-state index contributed by atoms with van der Waals surface area (Å²) in [6.07, 6.45) is 3.65. The lowest BCUT2D eigenvalue weighted by Crippen LogP contribution is -2.46. The number of nitrogens with zero attached hydrogens (tertiary/aromatic N) is 3. The van der Waals surface area contributed by atoms with Gasteiger partial charge in [0.15, 0.2) is 0 Å². The average Bonchev–Trinajstić information content (AvgIpc) is 2.83. The van der Waals surface area contributed by atoms with Crippen molar-refractivity contribution in [3.63, 3.8) is 0 Å². The smallest absolute Gasteiger partial charge is 0.253 e. The standard InChI is InChI=1S/C24H26Cl2FN5O/c1-14(21-17(25)6-7-18(27)22(21)26)12-19-23(28)30-13-20(31-19)15-2-4-16(5-3-15)24(33)32-10-8-29-9-11-32/h2-7,13-14,18,22,29H,8-12H2,1H3,(H2,28,30)/t14-,18?,22?/m0/s1. The predicted octanol–water partition coefficient (Wildman–Crippen LogP) is 3.96. The average molecular weight is 490 g/mol. The second kappa shape index (κ2) is 10.2. The molecule has 1 aliphatic carbocycles. The van der Waals surface area contributed by atoms with Crippen LogP contribution in [-0.2, 0) is 6.42 Å². The molecule has 1 aromatic heterocycles.